The molecule has 0 unspecified atom stereocenters. The molecular formula is C24H26N2O6. The third-order valence-electron chi connectivity index (χ3n) is 6.16. The van der Waals surface area contributed by atoms with Crippen LogP contribution >= 0.6 is 0 Å². The summed E-state index contributed by atoms with van der Waals surface area (Å²) < 4.78 is 5.52. The van der Waals surface area contributed by atoms with Crippen molar-refractivity contribution in [2.45, 2.75) is 24.8 Å². The molecule has 0 spiro atoms. The fourth-order valence-corrected chi connectivity index (χ4v) is 4.55. The van der Waals surface area contributed by atoms with E-state index in [2.05, 4.69) is 29.6 Å². The number of nitrogens with zero attached hydrogens (tertiary/aromatic N) is 1. The molecule has 0 radical (unpaired) electrons. The number of alkyl carbamates (subject to hydrolysis) is 1. The van der Waals surface area contributed by atoms with E-state index in [9.17, 15) is 14.4 Å². The first-order chi connectivity index (χ1) is 15.5. The molecule has 0 bridgehead atoms. The average Bonchev–Trinajstić information content (AvgIpc) is 3.07. The Hall–Kier alpha value is -3.39. The quantitative estimate of drug-likeness (QED) is 0.582. The lowest BCUT2D eigenvalue weighted by Gasteiger charge is -2.37. The molecule has 2 aliphatic rings. The number of carboxylic acid groups (broad SMARTS) is 1. The number of nitrogens with one attached hydrogen (secondary N) is 1. The summed E-state index contributed by atoms with van der Waals surface area (Å²) >= 11 is 0. The van der Waals surface area contributed by atoms with Crippen molar-refractivity contribution in [3.05, 3.63) is 59.7 Å². The maximum atomic E-state index is 12.4. The summed E-state index contributed by atoms with van der Waals surface area (Å²) in [5, 5.41) is 20.8. The Balaban J connectivity index is 1.28. The van der Waals surface area contributed by atoms with Gasteiger partial charge in [-0.3, -0.25) is 9.59 Å². The zero-order valence-electron chi connectivity index (χ0n) is 17.6. The SMILES string of the molecule is O=C(O)CN(CCO)C(=O)C1CC(NC(=O)OCC2c3ccccc3-c3ccccc32)C1. The highest BCUT2D eigenvalue weighted by Gasteiger charge is 2.38. The third kappa shape index (κ3) is 4.45. The Kier molecular flexibility index (Phi) is 6.41. The third-order valence-corrected chi connectivity index (χ3v) is 6.16. The highest BCUT2D eigenvalue weighted by atomic mass is 16.5. The van der Waals surface area contributed by atoms with Gasteiger partial charge in [-0.05, 0) is 35.1 Å². The number of hydrogen-bond acceptors (Lipinski definition) is 5. The molecule has 2 amide bonds. The molecule has 4 rings (SSSR count). The Labute approximate surface area is 185 Å². The highest BCUT2D eigenvalue weighted by molar-refractivity contribution is 5.84. The first-order valence-corrected chi connectivity index (χ1v) is 10.7. The minimum absolute atomic E-state index is 0.0214. The number of benzene rings is 2. The van der Waals surface area contributed by atoms with Crippen LogP contribution in [0.1, 0.15) is 29.9 Å². The standard InChI is InChI=1S/C24H26N2O6/c27-10-9-26(13-22(28)29)23(30)15-11-16(12-15)25-24(31)32-14-21-19-7-3-1-5-17(19)18-6-2-4-8-20(18)21/h1-8,15-16,21,27H,9-14H2,(H,25,31)(H,28,29). The van der Waals surface area contributed by atoms with Crippen LogP contribution in [0.3, 0.4) is 0 Å². The fraction of sp³-hybridized carbons (Fsp3) is 0.375. The molecule has 3 N–H and O–H groups in total. The van der Waals surface area contributed by atoms with E-state index in [0.717, 1.165) is 27.2 Å². The molecule has 1 fully saturated rings. The normalized spacial score (nSPS) is 18.8. The molecule has 0 atom stereocenters. The zero-order valence-corrected chi connectivity index (χ0v) is 17.6. The van der Waals surface area contributed by atoms with Crippen LogP contribution in [-0.2, 0) is 14.3 Å². The summed E-state index contributed by atoms with van der Waals surface area (Å²) in [6.07, 6.45) is 0.315. The molecule has 0 aromatic heterocycles. The number of rotatable bonds is 8. The maximum Gasteiger partial charge on any atom is 0.407 e. The Morgan fingerprint density at radius 3 is 2.16 bits per heavy atom. The number of hydrogen-bond donors (Lipinski definition) is 3. The van der Waals surface area contributed by atoms with Crippen molar-refractivity contribution in [1.82, 2.24) is 10.2 Å². The van der Waals surface area contributed by atoms with Crippen LogP contribution < -0.4 is 5.32 Å². The summed E-state index contributed by atoms with van der Waals surface area (Å²) in [5.41, 5.74) is 4.59. The van der Waals surface area contributed by atoms with Crippen LogP contribution in [0.25, 0.3) is 11.1 Å². The summed E-state index contributed by atoms with van der Waals surface area (Å²) in [6.45, 7) is -0.544. The number of carbonyl (C=O) groups excluding carboxylic acids is 2. The number of fused-ring (bicyclic) bond motifs is 3. The summed E-state index contributed by atoms with van der Waals surface area (Å²) in [4.78, 5) is 36.8. The van der Waals surface area contributed by atoms with Crippen LogP contribution in [-0.4, -0.2) is 65.4 Å². The van der Waals surface area contributed by atoms with Gasteiger partial charge < -0.3 is 25.2 Å². The fourth-order valence-electron chi connectivity index (χ4n) is 4.55. The summed E-state index contributed by atoms with van der Waals surface area (Å²) in [6, 6.07) is 16.0. The van der Waals surface area contributed by atoms with Gasteiger partial charge in [0.25, 0.3) is 0 Å². The molecule has 168 valence electrons. The predicted octanol–water partition coefficient (Wildman–Crippen LogP) is 2.21. The van der Waals surface area contributed by atoms with Crippen molar-refractivity contribution < 1.29 is 29.3 Å². The predicted molar refractivity (Wildman–Crippen MR) is 116 cm³/mol. The van der Waals surface area contributed by atoms with Crippen molar-refractivity contribution >= 4 is 18.0 Å². The number of ether oxygens (including phenoxy) is 1. The number of amides is 2. The van der Waals surface area contributed by atoms with E-state index in [1.807, 2.05) is 24.3 Å². The second-order valence-corrected chi connectivity index (χ2v) is 8.21. The summed E-state index contributed by atoms with van der Waals surface area (Å²) in [5.74, 6) is -1.82. The smallest absolute Gasteiger partial charge is 0.407 e. The zero-order chi connectivity index (χ0) is 22.7. The highest BCUT2D eigenvalue weighted by Crippen LogP contribution is 2.44. The van der Waals surface area contributed by atoms with Gasteiger partial charge >= 0.3 is 12.1 Å². The van der Waals surface area contributed by atoms with Gasteiger partial charge in [0.2, 0.25) is 5.91 Å². The van der Waals surface area contributed by atoms with E-state index in [1.54, 1.807) is 0 Å². The van der Waals surface area contributed by atoms with E-state index < -0.39 is 18.6 Å². The first kappa shape index (κ1) is 21.8. The molecule has 0 heterocycles. The van der Waals surface area contributed by atoms with Crippen molar-refractivity contribution in [1.29, 1.82) is 0 Å². The van der Waals surface area contributed by atoms with Crippen LogP contribution in [0, 0.1) is 5.92 Å². The van der Waals surface area contributed by atoms with Crippen molar-refractivity contribution in [2.75, 3.05) is 26.3 Å². The molecular weight excluding hydrogens is 412 g/mol. The van der Waals surface area contributed by atoms with Crippen LogP contribution in [0.5, 0.6) is 0 Å². The van der Waals surface area contributed by atoms with Crippen LogP contribution in [0.4, 0.5) is 4.79 Å². The van der Waals surface area contributed by atoms with Gasteiger partial charge in [-0.25, -0.2) is 4.79 Å². The van der Waals surface area contributed by atoms with E-state index in [0.29, 0.717) is 12.8 Å². The lowest BCUT2D eigenvalue weighted by molar-refractivity contribution is -0.148. The number of aliphatic hydroxyl groups is 1. The molecule has 8 heteroatoms. The second-order valence-electron chi connectivity index (χ2n) is 8.21. The van der Waals surface area contributed by atoms with Crippen molar-refractivity contribution in [2.24, 2.45) is 5.92 Å². The first-order valence-electron chi connectivity index (χ1n) is 10.7. The molecule has 8 nitrogen and oxygen atoms in total. The summed E-state index contributed by atoms with van der Waals surface area (Å²) in [7, 11) is 0. The number of aliphatic carboxylic acids is 1. The van der Waals surface area contributed by atoms with Gasteiger partial charge in [0.1, 0.15) is 13.2 Å². The average molecular weight is 438 g/mol. The van der Waals surface area contributed by atoms with Gasteiger partial charge in [-0.15, -0.1) is 0 Å². The number of carbonyl (C=O) groups is 3. The lowest BCUT2D eigenvalue weighted by Crippen LogP contribution is -2.51. The van der Waals surface area contributed by atoms with Crippen molar-refractivity contribution in [3.8, 4) is 11.1 Å². The van der Waals surface area contributed by atoms with Gasteiger partial charge in [-0.1, -0.05) is 48.5 Å². The van der Waals surface area contributed by atoms with E-state index >= 15 is 0 Å². The van der Waals surface area contributed by atoms with Gasteiger partial charge in [-0.2, -0.15) is 0 Å². The van der Waals surface area contributed by atoms with E-state index in [1.165, 1.54) is 0 Å². The molecule has 0 saturated heterocycles. The van der Waals surface area contributed by atoms with E-state index in [-0.39, 0.29) is 43.5 Å². The maximum absolute atomic E-state index is 12.4. The monoisotopic (exact) mass is 438 g/mol. The molecule has 1 saturated carbocycles. The molecule has 2 aliphatic carbocycles. The second kappa shape index (κ2) is 9.40. The molecule has 0 aliphatic heterocycles. The Morgan fingerprint density at radius 2 is 1.59 bits per heavy atom. The Bertz CT molecular complexity index is 972. The Morgan fingerprint density at radius 1 is 1.00 bits per heavy atom. The molecule has 2 aromatic carbocycles. The number of aliphatic hydroxyl groups excluding tert-OH is 1. The minimum atomic E-state index is -1.13. The molecule has 2 aromatic rings. The topological polar surface area (TPSA) is 116 Å². The largest absolute Gasteiger partial charge is 0.480 e. The van der Waals surface area contributed by atoms with Gasteiger partial charge in [0.05, 0.1) is 6.61 Å². The van der Waals surface area contributed by atoms with Crippen LogP contribution in [0.2, 0.25) is 0 Å². The van der Waals surface area contributed by atoms with E-state index in [4.69, 9.17) is 14.9 Å². The van der Waals surface area contributed by atoms with Gasteiger partial charge in [0, 0.05) is 24.4 Å². The van der Waals surface area contributed by atoms with Crippen LogP contribution in [0.15, 0.2) is 48.5 Å². The molecule has 32 heavy (non-hydrogen) atoms. The lowest BCUT2D eigenvalue weighted by atomic mass is 9.79. The van der Waals surface area contributed by atoms with Crippen molar-refractivity contribution in [3.63, 3.8) is 0 Å². The van der Waals surface area contributed by atoms with Gasteiger partial charge in [0.15, 0.2) is 0 Å². The minimum Gasteiger partial charge on any atom is -0.480 e. The number of carboxylic acids is 1.